The van der Waals surface area contributed by atoms with Crippen LogP contribution in [0.15, 0.2) is 36.5 Å². The summed E-state index contributed by atoms with van der Waals surface area (Å²) in [7, 11) is 0. The van der Waals surface area contributed by atoms with Crippen molar-refractivity contribution in [1.29, 1.82) is 0 Å². The van der Waals surface area contributed by atoms with Gasteiger partial charge in [-0.2, -0.15) is 0 Å². The summed E-state index contributed by atoms with van der Waals surface area (Å²) < 4.78 is 18.9. The van der Waals surface area contributed by atoms with Crippen molar-refractivity contribution in [3.63, 3.8) is 0 Å². The number of aryl methyl sites for hydroxylation is 1. The monoisotopic (exact) mass is 281 g/mol. The lowest BCUT2D eigenvalue weighted by Crippen LogP contribution is -2.01. The quantitative estimate of drug-likeness (QED) is 0.807. The Kier molecular flexibility index (Phi) is 6.30. The van der Waals surface area contributed by atoms with Crippen LogP contribution in [0.25, 0.3) is 0 Å². The van der Waals surface area contributed by atoms with E-state index in [2.05, 4.69) is 4.98 Å². The van der Waals surface area contributed by atoms with Gasteiger partial charge < -0.3 is 4.74 Å². The highest BCUT2D eigenvalue weighted by Crippen LogP contribution is 2.18. The van der Waals surface area contributed by atoms with Gasteiger partial charge in [0, 0.05) is 22.3 Å². The molecule has 0 N–H and O–H groups in total. The van der Waals surface area contributed by atoms with Crippen LogP contribution in [0.3, 0.4) is 0 Å². The van der Waals surface area contributed by atoms with Gasteiger partial charge in [0.05, 0.1) is 0 Å². The summed E-state index contributed by atoms with van der Waals surface area (Å²) in [6, 6.07) is 8.09. The largest absolute Gasteiger partial charge is 0.472 e. The van der Waals surface area contributed by atoms with Crippen LogP contribution in [0.5, 0.6) is 5.88 Å². The molecule has 0 bridgehead atoms. The van der Waals surface area contributed by atoms with Gasteiger partial charge in [-0.25, -0.2) is 9.37 Å². The minimum atomic E-state index is -0.331. The zero-order valence-electron chi connectivity index (χ0n) is 11.3. The average Bonchev–Trinajstić information content (AvgIpc) is 2.44. The molecule has 0 amide bonds. The van der Waals surface area contributed by atoms with E-state index in [0.29, 0.717) is 16.5 Å². The molecule has 1 heterocycles. The van der Waals surface area contributed by atoms with E-state index in [1.54, 1.807) is 12.3 Å². The molecule has 0 saturated carbocycles. The Labute approximate surface area is 118 Å². The van der Waals surface area contributed by atoms with Gasteiger partial charge >= 0.3 is 0 Å². The number of rotatable bonds is 3. The summed E-state index contributed by atoms with van der Waals surface area (Å²) in [4.78, 5) is 4.07. The highest BCUT2D eigenvalue weighted by molar-refractivity contribution is 6.30. The number of pyridine rings is 1. The molecule has 1 aromatic carbocycles. The lowest BCUT2D eigenvalue weighted by molar-refractivity contribution is 0.286. The molecular weight excluding hydrogens is 265 g/mol. The summed E-state index contributed by atoms with van der Waals surface area (Å²) in [6.45, 7) is 6.00. The van der Waals surface area contributed by atoms with Crippen LogP contribution >= 0.6 is 11.6 Å². The fourth-order valence-corrected chi connectivity index (χ4v) is 1.62. The summed E-state index contributed by atoms with van der Waals surface area (Å²) in [5.74, 6) is 0.176. The van der Waals surface area contributed by atoms with E-state index in [1.807, 2.05) is 32.9 Å². The van der Waals surface area contributed by atoms with Crippen LogP contribution in [-0.4, -0.2) is 4.98 Å². The van der Waals surface area contributed by atoms with Crippen LogP contribution in [0.2, 0.25) is 5.02 Å². The molecule has 0 atom stereocenters. The Hall–Kier alpha value is -1.61. The second kappa shape index (κ2) is 7.74. The van der Waals surface area contributed by atoms with E-state index in [4.69, 9.17) is 16.3 Å². The summed E-state index contributed by atoms with van der Waals surface area (Å²) in [5.41, 5.74) is 1.33. The second-order valence-electron chi connectivity index (χ2n) is 3.65. The Balaban J connectivity index is 0.000000861. The predicted molar refractivity (Wildman–Crippen MR) is 76.1 cm³/mol. The molecule has 2 nitrogen and oxygen atoms in total. The molecule has 4 heteroatoms. The molecule has 2 aromatic rings. The van der Waals surface area contributed by atoms with Gasteiger partial charge in [-0.15, -0.1) is 0 Å². The van der Waals surface area contributed by atoms with Gasteiger partial charge in [0.15, 0.2) is 0 Å². The molecule has 0 unspecified atom stereocenters. The molecule has 1 aromatic heterocycles. The third-order valence-corrected chi connectivity index (χ3v) is 2.57. The predicted octanol–water partition coefficient (Wildman–Crippen LogP) is 4.79. The highest BCUT2D eigenvalue weighted by atomic mass is 35.5. The molecule has 0 fully saturated rings. The van der Waals surface area contributed by atoms with Gasteiger partial charge in [-0.1, -0.05) is 31.5 Å². The smallest absolute Gasteiger partial charge is 0.216 e. The van der Waals surface area contributed by atoms with Crippen molar-refractivity contribution in [3.8, 4) is 5.88 Å². The molecule has 102 valence electrons. The van der Waals surface area contributed by atoms with Crippen LogP contribution in [0.1, 0.15) is 25.0 Å². The summed E-state index contributed by atoms with van der Waals surface area (Å²) >= 11 is 5.79. The number of benzene rings is 1. The van der Waals surface area contributed by atoms with Crippen molar-refractivity contribution in [1.82, 2.24) is 4.98 Å². The van der Waals surface area contributed by atoms with Gasteiger partial charge in [-0.05, 0) is 31.2 Å². The Bertz CT molecular complexity index is 531. The fourth-order valence-electron chi connectivity index (χ4n) is 1.42. The zero-order valence-corrected chi connectivity index (χ0v) is 12.0. The molecule has 19 heavy (non-hydrogen) atoms. The first kappa shape index (κ1) is 15.4. The number of hydrogen-bond acceptors (Lipinski definition) is 2. The zero-order chi connectivity index (χ0) is 14.3. The van der Waals surface area contributed by atoms with Crippen molar-refractivity contribution in [2.24, 2.45) is 0 Å². The molecule has 0 spiro atoms. The summed E-state index contributed by atoms with van der Waals surface area (Å²) in [5, 5.41) is 0.489. The Morgan fingerprint density at radius 3 is 2.68 bits per heavy atom. The van der Waals surface area contributed by atoms with Crippen LogP contribution in [0.4, 0.5) is 4.39 Å². The SMILES string of the molecule is CC.Cc1cccnc1OCc1cc(Cl)ccc1F. The maximum Gasteiger partial charge on any atom is 0.216 e. The molecular formula is C15H17ClFNO. The molecule has 0 aliphatic rings. The third-order valence-electron chi connectivity index (χ3n) is 2.33. The normalized spacial score (nSPS) is 9.53. The first-order valence-electron chi connectivity index (χ1n) is 6.15. The number of halogens is 2. The maximum absolute atomic E-state index is 13.4. The molecule has 2 rings (SSSR count). The first-order valence-corrected chi connectivity index (χ1v) is 6.53. The Morgan fingerprint density at radius 1 is 1.26 bits per heavy atom. The molecule has 0 saturated heterocycles. The van der Waals surface area contributed by atoms with E-state index in [1.165, 1.54) is 12.1 Å². The van der Waals surface area contributed by atoms with Crippen LogP contribution in [0, 0.1) is 12.7 Å². The lowest BCUT2D eigenvalue weighted by Gasteiger charge is -2.08. The van der Waals surface area contributed by atoms with Crippen molar-refractivity contribution < 1.29 is 9.13 Å². The number of hydrogen-bond donors (Lipinski definition) is 0. The Morgan fingerprint density at radius 2 is 2.00 bits per heavy atom. The van der Waals surface area contributed by atoms with Crippen molar-refractivity contribution in [2.45, 2.75) is 27.4 Å². The average molecular weight is 282 g/mol. The standard InChI is InChI=1S/C13H11ClFNO.C2H6/c1-9-3-2-6-16-13(9)17-8-10-7-11(14)4-5-12(10)15;1-2/h2-7H,8H2,1H3;1-2H3. The van der Waals surface area contributed by atoms with Gasteiger partial charge in [-0.3, -0.25) is 0 Å². The van der Waals surface area contributed by atoms with E-state index in [-0.39, 0.29) is 12.4 Å². The summed E-state index contributed by atoms with van der Waals surface area (Å²) in [6.07, 6.45) is 1.64. The highest BCUT2D eigenvalue weighted by Gasteiger charge is 2.05. The number of ether oxygens (including phenoxy) is 1. The molecule has 0 aliphatic heterocycles. The molecule has 0 radical (unpaired) electrons. The molecule has 0 aliphatic carbocycles. The van der Waals surface area contributed by atoms with Gasteiger partial charge in [0.1, 0.15) is 12.4 Å². The van der Waals surface area contributed by atoms with Gasteiger partial charge in [0.25, 0.3) is 0 Å². The maximum atomic E-state index is 13.4. The number of nitrogens with zero attached hydrogens (tertiary/aromatic N) is 1. The van der Waals surface area contributed by atoms with E-state index >= 15 is 0 Å². The van der Waals surface area contributed by atoms with E-state index in [9.17, 15) is 4.39 Å². The van der Waals surface area contributed by atoms with Crippen molar-refractivity contribution in [3.05, 3.63) is 58.5 Å². The minimum absolute atomic E-state index is 0.115. The van der Waals surface area contributed by atoms with Crippen LogP contribution < -0.4 is 4.74 Å². The topological polar surface area (TPSA) is 22.1 Å². The minimum Gasteiger partial charge on any atom is -0.472 e. The van der Waals surface area contributed by atoms with Crippen LogP contribution in [-0.2, 0) is 6.61 Å². The van der Waals surface area contributed by atoms with E-state index < -0.39 is 0 Å². The number of aromatic nitrogens is 1. The lowest BCUT2D eigenvalue weighted by atomic mass is 10.2. The van der Waals surface area contributed by atoms with E-state index in [0.717, 1.165) is 5.56 Å². The van der Waals surface area contributed by atoms with Gasteiger partial charge in [0.2, 0.25) is 5.88 Å². The first-order chi connectivity index (χ1) is 9.16. The third kappa shape index (κ3) is 4.52. The fraction of sp³-hybridized carbons (Fsp3) is 0.267. The van der Waals surface area contributed by atoms with Crippen molar-refractivity contribution >= 4 is 11.6 Å². The second-order valence-corrected chi connectivity index (χ2v) is 4.09. The van der Waals surface area contributed by atoms with Crippen molar-refractivity contribution in [2.75, 3.05) is 0 Å².